The number of aromatic nitrogens is 1. The summed E-state index contributed by atoms with van der Waals surface area (Å²) in [5.74, 6) is 0. The number of hydrogen-bond donors (Lipinski definition) is 1. The number of anilines is 2. The Hall–Kier alpha value is -7.16. The molecule has 9 aromatic carbocycles. The quantitative estimate of drug-likeness (QED) is 0.180. The Morgan fingerprint density at radius 3 is 1.86 bits per heavy atom. The number of fused-ring (bicyclic) bond motifs is 8. The summed E-state index contributed by atoms with van der Waals surface area (Å²) in [5.41, 5.74) is 18.2. The highest BCUT2D eigenvalue weighted by Crippen LogP contribution is 2.53. The summed E-state index contributed by atoms with van der Waals surface area (Å²) < 4.78 is 2.48. The van der Waals surface area contributed by atoms with E-state index in [-0.39, 0.29) is 5.41 Å². The van der Waals surface area contributed by atoms with E-state index in [0.29, 0.717) is 0 Å². The molecule has 0 atom stereocenters. The van der Waals surface area contributed by atoms with Crippen molar-refractivity contribution in [2.24, 2.45) is 0 Å². The third-order valence-corrected chi connectivity index (χ3v) is 12.1. The molecule has 0 radical (unpaired) electrons. The zero-order chi connectivity index (χ0) is 38.1. The number of nitrogens with zero attached hydrogens (tertiary/aromatic N) is 1. The third kappa shape index (κ3) is 5.40. The number of benzene rings is 9. The molecule has 0 saturated carbocycles. The first-order chi connectivity index (χ1) is 28.0. The van der Waals surface area contributed by atoms with Crippen LogP contribution in [-0.2, 0) is 5.41 Å². The molecule has 2 heteroatoms. The minimum absolute atomic E-state index is 0.156. The van der Waals surface area contributed by atoms with Gasteiger partial charge in [0.25, 0.3) is 0 Å². The van der Waals surface area contributed by atoms with Crippen LogP contribution < -0.4 is 5.32 Å². The molecule has 11 rings (SSSR count). The lowest BCUT2D eigenvalue weighted by Crippen LogP contribution is -2.15. The molecule has 2 nitrogen and oxygen atoms in total. The predicted molar refractivity (Wildman–Crippen MR) is 242 cm³/mol. The van der Waals surface area contributed by atoms with Crippen LogP contribution in [0.1, 0.15) is 25.0 Å². The maximum Gasteiger partial charge on any atom is 0.0544 e. The van der Waals surface area contributed by atoms with Crippen LogP contribution in [-0.4, -0.2) is 4.57 Å². The van der Waals surface area contributed by atoms with Gasteiger partial charge in [0.2, 0.25) is 0 Å². The zero-order valence-electron chi connectivity index (χ0n) is 32.0. The summed E-state index contributed by atoms with van der Waals surface area (Å²) in [6.45, 7) is 4.79. The molecule has 1 N–H and O–H groups in total. The van der Waals surface area contributed by atoms with Crippen LogP contribution in [0.2, 0.25) is 0 Å². The summed E-state index contributed by atoms with van der Waals surface area (Å²) in [6, 6.07) is 73.1. The molecule has 0 unspecified atom stereocenters. The Labute approximate surface area is 333 Å². The van der Waals surface area contributed by atoms with E-state index in [1.165, 1.54) is 88.3 Å². The highest BCUT2D eigenvalue weighted by atomic mass is 15.0. The van der Waals surface area contributed by atoms with Gasteiger partial charge < -0.3 is 9.88 Å². The number of nitrogens with one attached hydrogen (secondary N) is 1. The van der Waals surface area contributed by atoms with E-state index in [4.69, 9.17) is 0 Å². The minimum atomic E-state index is -0.156. The van der Waals surface area contributed by atoms with Crippen molar-refractivity contribution in [3.05, 3.63) is 211 Å². The van der Waals surface area contributed by atoms with Gasteiger partial charge in [-0.05, 0) is 115 Å². The standard InChI is InChI=1S/C55H40N2/c1-55(2)49-20-12-11-19-45(49)46-29-32-52-53(54(46)55)48-35-42(25-31-51(48)57(52)44-28-23-37-15-9-10-18-40(37)33-44)41-24-30-50(47(34-41)39-16-7-4-8-17-39)56-43-26-21-38(22-27-43)36-13-5-3-6-14-36/h3-35,56H,1-2H3. The zero-order valence-corrected chi connectivity index (χ0v) is 32.0. The Morgan fingerprint density at radius 1 is 0.421 bits per heavy atom. The van der Waals surface area contributed by atoms with E-state index < -0.39 is 0 Å². The van der Waals surface area contributed by atoms with Gasteiger partial charge in [-0.25, -0.2) is 0 Å². The summed E-state index contributed by atoms with van der Waals surface area (Å²) in [4.78, 5) is 0. The lowest BCUT2D eigenvalue weighted by Gasteiger charge is -2.22. The summed E-state index contributed by atoms with van der Waals surface area (Å²) >= 11 is 0. The van der Waals surface area contributed by atoms with Crippen LogP contribution in [0.25, 0.3) is 82.8 Å². The molecular weight excluding hydrogens is 689 g/mol. The summed E-state index contributed by atoms with van der Waals surface area (Å²) in [5, 5.41) is 8.85. The molecule has 1 aliphatic carbocycles. The smallest absolute Gasteiger partial charge is 0.0544 e. The molecule has 1 heterocycles. The first kappa shape index (κ1) is 33.2. The summed E-state index contributed by atoms with van der Waals surface area (Å²) in [7, 11) is 0. The van der Waals surface area contributed by atoms with Gasteiger partial charge in [-0.2, -0.15) is 0 Å². The predicted octanol–water partition coefficient (Wildman–Crippen LogP) is 15.0. The van der Waals surface area contributed by atoms with Crippen molar-refractivity contribution in [2.45, 2.75) is 19.3 Å². The van der Waals surface area contributed by atoms with Gasteiger partial charge in [-0.15, -0.1) is 0 Å². The monoisotopic (exact) mass is 728 g/mol. The van der Waals surface area contributed by atoms with Crippen molar-refractivity contribution in [1.29, 1.82) is 0 Å². The fraction of sp³-hybridized carbons (Fsp3) is 0.0545. The highest BCUT2D eigenvalue weighted by Gasteiger charge is 2.38. The molecule has 0 aliphatic heterocycles. The molecule has 10 aromatic rings. The van der Waals surface area contributed by atoms with E-state index in [9.17, 15) is 0 Å². The molecule has 270 valence electrons. The molecular formula is C55H40N2. The van der Waals surface area contributed by atoms with Crippen molar-refractivity contribution in [3.63, 3.8) is 0 Å². The lowest BCUT2D eigenvalue weighted by atomic mass is 9.80. The van der Waals surface area contributed by atoms with Crippen LogP contribution in [0.5, 0.6) is 0 Å². The van der Waals surface area contributed by atoms with Crippen LogP contribution in [0.4, 0.5) is 11.4 Å². The van der Waals surface area contributed by atoms with Crippen LogP contribution >= 0.6 is 0 Å². The van der Waals surface area contributed by atoms with Crippen molar-refractivity contribution < 1.29 is 0 Å². The van der Waals surface area contributed by atoms with Crippen LogP contribution in [0.3, 0.4) is 0 Å². The fourth-order valence-corrected chi connectivity index (χ4v) is 9.38. The normalized spacial score (nSPS) is 12.9. The van der Waals surface area contributed by atoms with Gasteiger partial charge in [0, 0.05) is 38.8 Å². The first-order valence-corrected chi connectivity index (χ1v) is 19.8. The van der Waals surface area contributed by atoms with Gasteiger partial charge in [0.15, 0.2) is 0 Å². The summed E-state index contributed by atoms with van der Waals surface area (Å²) in [6.07, 6.45) is 0. The maximum atomic E-state index is 3.76. The van der Waals surface area contributed by atoms with E-state index in [2.05, 4.69) is 224 Å². The third-order valence-electron chi connectivity index (χ3n) is 12.1. The van der Waals surface area contributed by atoms with Gasteiger partial charge in [0.1, 0.15) is 0 Å². The van der Waals surface area contributed by atoms with Crippen LogP contribution in [0.15, 0.2) is 200 Å². The van der Waals surface area contributed by atoms with Gasteiger partial charge in [-0.3, -0.25) is 0 Å². The molecule has 0 spiro atoms. The average Bonchev–Trinajstić information content (AvgIpc) is 3.72. The van der Waals surface area contributed by atoms with Crippen molar-refractivity contribution in [1.82, 2.24) is 4.57 Å². The average molecular weight is 729 g/mol. The van der Waals surface area contributed by atoms with E-state index >= 15 is 0 Å². The Balaban J connectivity index is 1.09. The van der Waals surface area contributed by atoms with Crippen LogP contribution in [0, 0.1) is 0 Å². The Kier molecular flexibility index (Phi) is 7.55. The minimum Gasteiger partial charge on any atom is -0.355 e. The molecule has 0 fully saturated rings. The highest BCUT2D eigenvalue weighted by molar-refractivity contribution is 6.15. The van der Waals surface area contributed by atoms with Gasteiger partial charge in [0.05, 0.1) is 11.0 Å². The van der Waals surface area contributed by atoms with E-state index in [1.807, 2.05) is 0 Å². The topological polar surface area (TPSA) is 17.0 Å². The number of hydrogen-bond acceptors (Lipinski definition) is 1. The fourth-order valence-electron chi connectivity index (χ4n) is 9.38. The largest absolute Gasteiger partial charge is 0.355 e. The van der Waals surface area contributed by atoms with E-state index in [1.54, 1.807) is 0 Å². The molecule has 57 heavy (non-hydrogen) atoms. The molecule has 1 aliphatic rings. The Morgan fingerprint density at radius 2 is 1.05 bits per heavy atom. The molecule has 0 bridgehead atoms. The van der Waals surface area contributed by atoms with Crippen molar-refractivity contribution in [2.75, 3.05) is 5.32 Å². The molecule has 0 amide bonds. The molecule has 1 aromatic heterocycles. The first-order valence-electron chi connectivity index (χ1n) is 19.8. The van der Waals surface area contributed by atoms with E-state index in [0.717, 1.165) is 16.9 Å². The lowest BCUT2D eigenvalue weighted by molar-refractivity contribution is 0.666. The Bertz CT molecular complexity index is 3150. The van der Waals surface area contributed by atoms with Gasteiger partial charge >= 0.3 is 0 Å². The second kappa shape index (κ2) is 13.0. The second-order valence-corrected chi connectivity index (χ2v) is 15.8. The van der Waals surface area contributed by atoms with Crippen molar-refractivity contribution >= 4 is 44.0 Å². The van der Waals surface area contributed by atoms with Gasteiger partial charge in [-0.1, -0.05) is 159 Å². The second-order valence-electron chi connectivity index (χ2n) is 15.8. The number of rotatable bonds is 6. The SMILES string of the molecule is CC1(C)c2ccccc2-c2ccc3c(c21)c1cc(-c2ccc(Nc4ccc(-c5ccccc5)cc4)c(-c4ccccc4)c2)ccc1n3-c1ccc2ccccc2c1. The molecule has 0 saturated heterocycles. The maximum absolute atomic E-state index is 3.76. The van der Waals surface area contributed by atoms with Crippen molar-refractivity contribution in [3.8, 4) is 50.2 Å².